The van der Waals surface area contributed by atoms with E-state index >= 15 is 4.79 Å². The van der Waals surface area contributed by atoms with E-state index in [0.717, 1.165) is 11.1 Å². The van der Waals surface area contributed by atoms with Crippen molar-refractivity contribution in [3.63, 3.8) is 0 Å². The van der Waals surface area contributed by atoms with Gasteiger partial charge in [-0.05, 0) is 59.2 Å². The van der Waals surface area contributed by atoms with E-state index in [2.05, 4.69) is 0 Å². The van der Waals surface area contributed by atoms with Crippen LogP contribution in [0.25, 0.3) is 5.57 Å². The number of methoxy groups -OCH3 is 1. The fourth-order valence-corrected chi connectivity index (χ4v) is 9.11. The number of imide groups is 1. The molecule has 1 aliphatic heterocycles. The van der Waals surface area contributed by atoms with E-state index in [1.54, 1.807) is 18.2 Å². The number of phenols is 1. The van der Waals surface area contributed by atoms with Crippen LogP contribution < -0.4 is 4.74 Å². The number of amides is 2. The van der Waals surface area contributed by atoms with Crippen molar-refractivity contribution >= 4 is 29.0 Å². The predicted octanol–water partition coefficient (Wildman–Crippen LogP) is 6.43. The number of ketones is 2. The highest BCUT2D eigenvalue weighted by Crippen LogP contribution is 2.64. The second-order valence-corrected chi connectivity index (χ2v) is 13.5. The van der Waals surface area contributed by atoms with Crippen LogP contribution in [0.5, 0.6) is 11.5 Å². The summed E-state index contributed by atoms with van der Waals surface area (Å²) >= 11 is 0. The SMILES string of the molecule is COc1cc([C@H]2C3=CC[C@@H]4C(=O)N(Cc5ccccc5)C(=O)[C@@H]4[C@@H]3C[C@H]3C(=O)C(c4ccccc4)=CC(=O)[C@@]23c2ccccc2)ccc1O. The van der Waals surface area contributed by atoms with Gasteiger partial charge >= 0.3 is 0 Å². The number of hydrogen-bond donors (Lipinski definition) is 1. The normalized spacial score (nSPS) is 27.5. The van der Waals surface area contributed by atoms with Gasteiger partial charge in [-0.1, -0.05) is 109 Å². The van der Waals surface area contributed by atoms with E-state index < -0.39 is 35.0 Å². The fraction of sp³-hybridized carbons (Fsp3) is 0.238. The molecule has 7 heteroatoms. The molecule has 0 aromatic heterocycles. The molecule has 0 spiro atoms. The molecule has 4 aromatic carbocycles. The Kier molecular flexibility index (Phi) is 7.43. The minimum absolute atomic E-state index is 0.0490. The highest BCUT2D eigenvalue weighted by atomic mass is 16.5. The van der Waals surface area contributed by atoms with Crippen LogP contribution in [0.2, 0.25) is 0 Å². The first-order chi connectivity index (χ1) is 23.8. The Labute approximate surface area is 284 Å². The number of likely N-dealkylation sites (tertiary alicyclic amines) is 1. The molecule has 2 amide bonds. The molecule has 244 valence electrons. The van der Waals surface area contributed by atoms with Gasteiger partial charge in [-0.25, -0.2) is 0 Å². The van der Waals surface area contributed by atoms with Crippen molar-refractivity contribution in [1.82, 2.24) is 4.90 Å². The van der Waals surface area contributed by atoms with Crippen molar-refractivity contribution in [2.45, 2.75) is 30.7 Å². The van der Waals surface area contributed by atoms with Crippen LogP contribution in [0.15, 0.2) is 127 Å². The van der Waals surface area contributed by atoms with Gasteiger partial charge in [0.25, 0.3) is 0 Å². The minimum Gasteiger partial charge on any atom is -0.504 e. The van der Waals surface area contributed by atoms with Crippen LogP contribution in [-0.2, 0) is 31.1 Å². The first-order valence-electron chi connectivity index (χ1n) is 16.7. The third kappa shape index (κ3) is 4.63. The van der Waals surface area contributed by atoms with Crippen LogP contribution in [-0.4, -0.2) is 40.5 Å². The third-order valence-corrected chi connectivity index (χ3v) is 11.2. The molecule has 4 aliphatic rings. The summed E-state index contributed by atoms with van der Waals surface area (Å²) in [6.45, 7) is 0.182. The second-order valence-electron chi connectivity index (χ2n) is 13.5. The lowest BCUT2D eigenvalue weighted by Gasteiger charge is -2.55. The van der Waals surface area contributed by atoms with Gasteiger partial charge in [0.15, 0.2) is 23.1 Å². The van der Waals surface area contributed by atoms with Crippen molar-refractivity contribution in [2.24, 2.45) is 23.7 Å². The monoisotopic (exact) mass is 649 g/mol. The van der Waals surface area contributed by atoms with E-state index in [-0.39, 0.29) is 47.8 Å². The van der Waals surface area contributed by atoms with Crippen molar-refractivity contribution in [2.75, 3.05) is 7.11 Å². The number of nitrogens with zero attached hydrogens (tertiary/aromatic N) is 1. The Balaban J connectivity index is 1.34. The number of ether oxygens (including phenoxy) is 1. The van der Waals surface area contributed by atoms with Crippen molar-refractivity contribution in [3.05, 3.63) is 149 Å². The molecule has 49 heavy (non-hydrogen) atoms. The maximum Gasteiger partial charge on any atom is 0.234 e. The molecule has 0 bridgehead atoms. The van der Waals surface area contributed by atoms with E-state index in [1.165, 1.54) is 18.1 Å². The lowest BCUT2D eigenvalue weighted by Crippen LogP contribution is -2.58. The molecule has 6 atom stereocenters. The van der Waals surface area contributed by atoms with Gasteiger partial charge in [0.1, 0.15) is 0 Å². The Morgan fingerprint density at radius 2 is 1.49 bits per heavy atom. The molecule has 1 N–H and O–H groups in total. The smallest absolute Gasteiger partial charge is 0.234 e. The number of Topliss-reactive ketones (excluding diaryl/α,β-unsaturated/α-hetero) is 1. The highest BCUT2D eigenvalue weighted by Gasteiger charge is 2.65. The van der Waals surface area contributed by atoms with Gasteiger partial charge in [0.2, 0.25) is 11.8 Å². The van der Waals surface area contributed by atoms with Crippen molar-refractivity contribution < 1.29 is 29.0 Å². The van der Waals surface area contributed by atoms with E-state index in [9.17, 15) is 19.5 Å². The zero-order valence-corrected chi connectivity index (χ0v) is 27.0. The predicted molar refractivity (Wildman–Crippen MR) is 183 cm³/mol. The second kappa shape index (κ2) is 11.8. The van der Waals surface area contributed by atoms with Gasteiger partial charge in [-0.3, -0.25) is 24.1 Å². The zero-order valence-electron chi connectivity index (χ0n) is 27.0. The molecule has 1 saturated carbocycles. The molecule has 3 aliphatic carbocycles. The van der Waals surface area contributed by atoms with Crippen molar-refractivity contribution in [1.29, 1.82) is 0 Å². The number of hydrogen-bond acceptors (Lipinski definition) is 6. The summed E-state index contributed by atoms with van der Waals surface area (Å²) < 4.78 is 5.54. The molecule has 2 fully saturated rings. The molecule has 8 rings (SSSR count). The molecule has 7 nitrogen and oxygen atoms in total. The van der Waals surface area contributed by atoms with E-state index in [4.69, 9.17) is 4.74 Å². The van der Waals surface area contributed by atoms with Gasteiger partial charge < -0.3 is 9.84 Å². The number of carbonyl (C=O) groups excluding carboxylic acids is 4. The number of phenolic OH excluding ortho intramolecular Hbond substituents is 1. The minimum atomic E-state index is -1.34. The molecule has 1 saturated heterocycles. The zero-order chi connectivity index (χ0) is 33.9. The number of carbonyl (C=O) groups is 4. The van der Waals surface area contributed by atoms with Gasteiger partial charge in [-0.15, -0.1) is 0 Å². The van der Waals surface area contributed by atoms with E-state index in [0.29, 0.717) is 28.7 Å². The van der Waals surface area contributed by atoms with Crippen molar-refractivity contribution in [3.8, 4) is 11.5 Å². The van der Waals surface area contributed by atoms with Gasteiger partial charge in [0.05, 0.1) is 30.9 Å². The maximum absolute atomic E-state index is 15.1. The number of aromatic hydroxyl groups is 1. The summed E-state index contributed by atoms with van der Waals surface area (Å²) in [6, 6.07) is 33.2. The topological polar surface area (TPSA) is 101 Å². The van der Waals surface area contributed by atoms with Crippen LogP contribution in [0.4, 0.5) is 0 Å². The molecular weight excluding hydrogens is 614 g/mol. The first-order valence-corrected chi connectivity index (χ1v) is 16.7. The molecule has 1 heterocycles. The van der Waals surface area contributed by atoms with Gasteiger partial charge in [-0.2, -0.15) is 0 Å². The quantitative estimate of drug-likeness (QED) is 0.191. The summed E-state index contributed by atoms with van der Waals surface area (Å²) in [6.07, 6.45) is 4.13. The Bertz CT molecular complexity index is 2050. The molecular formula is C42H35NO6. The summed E-state index contributed by atoms with van der Waals surface area (Å²) in [5.74, 6) is -3.80. The summed E-state index contributed by atoms with van der Waals surface area (Å²) in [4.78, 5) is 59.8. The Morgan fingerprint density at radius 1 is 0.816 bits per heavy atom. The largest absolute Gasteiger partial charge is 0.504 e. The summed E-state index contributed by atoms with van der Waals surface area (Å²) in [7, 11) is 1.47. The first kappa shape index (κ1) is 30.8. The van der Waals surface area contributed by atoms with Crippen LogP contribution in [0.3, 0.4) is 0 Å². The number of fused-ring (bicyclic) bond motifs is 4. The van der Waals surface area contributed by atoms with Crippen LogP contribution in [0.1, 0.15) is 41.0 Å². The third-order valence-electron chi connectivity index (χ3n) is 11.2. The summed E-state index contributed by atoms with van der Waals surface area (Å²) in [5.41, 5.74) is 2.80. The van der Waals surface area contributed by atoms with E-state index in [1.807, 2.05) is 97.1 Å². The number of benzene rings is 4. The Hall–Kier alpha value is -5.56. The summed E-state index contributed by atoms with van der Waals surface area (Å²) in [5, 5.41) is 10.6. The molecule has 0 unspecified atom stereocenters. The lowest BCUT2D eigenvalue weighted by molar-refractivity contribution is -0.141. The van der Waals surface area contributed by atoms with Crippen LogP contribution in [0, 0.1) is 23.7 Å². The maximum atomic E-state index is 15.1. The Morgan fingerprint density at radius 3 is 2.18 bits per heavy atom. The lowest BCUT2D eigenvalue weighted by atomic mass is 9.44. The van der Waals surface area contributed by atoms with Crippen LogP contribution >= 0.6 is 0 Å². The average Bonchev–Trinajstić information content (AvgIpc) is 3.38. The molecule has 0 radical (unpaired) electrons. The average molecular weight is 650 g/mol. The fourth-order valence-electron chi connectivity index (χ4n) is 9.11. The number of allylic oxidation sites excluding steroid dienone is 4. The van der Waals surface area contributed by atoms with Gasteiger partial charge in [0, 0.05) is 17.4 Å². The molecule has 4 aromatic rings. The highest BCUT2D eigenvalue weighted by molar-refractivity contribution is 6.31. The standard InChI is InChI=1S/C42H35NO6/c1-49-35-21-27(17-20-34(35)44)38-29-18-19-30-37(41(48)43(40(30)47)24-25-11-5-2-6-12-25)32(29)22-33-39(46)31(26-13-7-3-8-14-26)23-36(45)42(33,38)28-15-9-4-10-16-28/h2-18,20-21,23,30,32-33,37-38,44H,19,22,24H2,1H3/t30-,32+,33-,37-,38-,42-/m0/s1. The number of rotatable bonds is 6.